The smallest absolute Gasteiger partial charge is 0.230 e. The molecule has 4 aromatic rings. The van der Waals surface area contributed by atoms with Crippen LogP contribution in [0.25, 0.3) is 22.0 Å². The normalized spacial score (nSPS) is 10.9. The molecule has 0 radical (unpaired) electrons. The Morgan fingerprint density at radius 3 is 2.63 bits per heavy atom. The van der Waals surface area contributed by atoms with Gasteiger partial charge in [-0.05, 0) is 48.2 Å². The number of carbonyl (C=O) groups is 1. The highest BCUT2D eigenvalue weighted by atomic mass is 16.1. The fourth-order valence-electron chi connectivity index (χ4n) is 3.29. The summed E-state index contributed by atoms with van der Waals surface area (Å²) in [6.07, 6.45) is 0.329. The van der Waals surface area contributed by atoms with Crippen LogP contribution in [-0.4, -0.2) is 16.1 Å². The van der Waals surface area contributed by atoms with Crippen LogP contribution in [0.15, 0.2) is 66.7 Å². The van der Waals surface area contributed by atoms with Crippen LogP contribution in [0.4, 0.5) is 5.82 Å². The zero-order valence-electron chi connectivity index (χ0n) is 15.4. The lowest BCUT2D eigenvalue weighted by molar-refractivity contribution is -0.115. The molecule has 0 saturated carbocycles. The summed E-state index contributed by atoms with van der Waals surface area (Å²) in [5.74, 6) is 0.492. The highest BCUT2D eigenvalue weighted by molar-refractivity contribution is 6.01. The molecule has 0 aliphatic rings. The van der Waals surface area contributed by atoms with E-state index in [0.29, 0.717) is 12.2 Å². The first-order valence-corrected chi connectivity index (χ1v) is 9.00. The van der Waals surface area contributed by atoms with E-state index in [9.17, 15) is 4.79 Å². The third-order valence-corrected chi connectivity index (χ3v) is 4.73. The summed E-state index contributed by atoms with van der Waals surface area (Å²) in [6.45, 7) is 4.21. The van der Waals surface area contributed by atoms with Gasteiger partial charge in [0, 0.05) is 5.39 Å². The molecule has 2 N–H and O–H groups in total. The molecule has 0 fully saturated rings. The summed E-state index contributed by atoms with van der Waals surface area (Å²) in [5.41, 5.74) is 6.69. The highest BCUT2D eigenvalue weighted by Crippen LogP contribution is 2.29. The van der Waals surface area contributed by atoms with Gasteiger partial charge in [-0.25, -0.2) is 0 Å². The van der Waals surface area contributed by atoms with Crippen molar-refractivity contribution in [1.82, 2.24) is 10.2 Å². The van der Waals surface area contributed by atoms with E-state index in [1.54, 1.807) is 0 Å². The van der Waals surface area contributed by atoms with E-state index in [2.05, 4.69) is 59.7 Å². The molecule has 4 nitrogen and oxygen atoms in total. The number of aryl methyl sites for hydroxylation is 2. The number of aromatic nitrogens is 2. The molecular formula is C23H21N3O. The van der Waals surface area contributed by atoms with Crippen molar-refractivity contribution in [3.63, 3.8) is 0 Å². The summed E-state index contributed by atoms with van der Waals surface area (Å²) in [6, 6.07) is 22.3. The number of benzene rings is 3. The molecule has 0 unspecified atom stereocenters. The van der Waals surface area contributed by atoms with E-state index in [4.69, 9.17) is 0 Å². The first-order valence-electron chi connectivity index (χ1n) is 9.00. The maximum absolute atomic E-state index is 12.3. The minimum Gasteiger partial charge on any atom is -0.308 e. The number of fused-ring (bicyclic) bond motifs is 1. The second kappa shape index (κ2) is 7.08. The second-order valence-electron chi connectivity index (χ2n) is 6.86. The van der Waals surface area contributed by atoms with Crippen LogP contribution >= 0.6 is 0 Å². The van der Waals surface area contributed by atoms with Crippen molar-refractivity contribution in [3.8, 4) is 11.1 Å². The monoisotopic (exact) mass is 355 g/mol. The first-order chi connectivity index (χ1) is 13.1. The Morgan fingerprint density at radius 2 is 1.81 bits per heavy atom. The van der Waals surface area contributed by atoms with Crippen LogP contribution in [0.3, 0.4) is 0 Å². The molecule has 0 bridgehead atoms. The fraction of sp³-hybridized carbons (Fsp3) is 0.130. The van der Waals surface area contributed by atoms with Crippen LogP contribution in [0, 0.1) is 13.8 Å². The number of amides is 1. The Bertz CT molecular complexity index is 1110. The van der Waals surface area contributed by atoms with Gasteiger partial charge in [-0.3, -0.25) is 9.89 Å². The fourth-order valence-corrected chi connectivity index (χ4v) is 3.29. The topological polar surface area (TPSA) is 57.8 Å². The van der Waals surface area contributed by atoms with Crippen LogP contribution in [0.1, 0.15) is 16.7 Å². The molecule has 0 aliphatic carbocycles. The number of carbonyl (C=O) groups excluding carboxylic acids is 1. The average molecular weight is 355 g/mol. The third-order valence-electron chi connectivity index (χ3n) is 4.73. The van der Waals surface area contributed by atoms with Gasteiger partial charge < -0.3 is 5.32 Å². The number of hydrogen-bond donors (Lipinski definition) is 2. The molecule has 4 heteroatoms. The van der Waals surface area contributed by atoms with Gasteiger partial charge in [0.15, 0.2) is 5.82 Å². The second-order valence-corrected chi connectivity index (χ2v) is 6.86. The van der Waals surface area contributed by atoms with Gasteiger partial charge in [-0.1, -0.05) is 60.2 Å². The summed E-state index contributed by atoms with van der Waals surface area (Å²) >= 11 is 0. The van der Waals surface area contributed by atoms with Crippen molar-refractivity contribution in [2.45, 2.75) is 20.3 Å². The highest BCUT2D eigenvalue weighted by Gasteiger charge is 2.11. The third kappa shape index (κ3) is 3.60. The Balaban J connectivity index is 1.59. The lowest BCUT2D eigenvalue weighted by atomic mass is 9.98. The number of anilines is 1. The number of rotatable bonds is 4. The van der Waals surface area contributed by atoms with Crippen molar-refractivity contribution in [2.75, 3.05) is 5.32 Å². The van der Waals surface area contributed by atoms with Gasteiger partial charge in [0.05, 0.1) is 11.9 Å². The summed E-state index contributed by atoms with van der Waals surface area (Å²) < 4.78 is 0. The predicted octanol–water partition coefficient (Wildman–Crippen LogP) is 5.03. The summed E-state index contributed by atoms with van der Waals surface area (Å²) in [7, 11) is 0. The molecular weight excluding hydrogens is 334 g/mol. The van der Waals surface area contributed by atoms with E-state index in [1.165, 1.54) is 16.7 Å². The molecule has 0 saturated heterocycles. The Hall–Kier alpha value is -3.40. The SMILES string of the molecule is Cc1ccc(C)c(-c2ccc3c(NC(=O)Cc4ccccc4)n[nH]c3c2)c1. The molecule has 27 heavy (non-hydrogen) atoms. The van der Waals surface area contributed by atoms with Crippen LogP contribution < -0.4 is 5.32 Å². The van der Waals surface area contributed by atoms with Crippen LogP contribution in [0.2, 0.25) is 0 Å². The van der Waals surface area contributed by atoms with Crippen molar-refractivity contribution in [3.05, 3.63) is 83.4 Å². The maximum atomic E-state index is 12.3. The van der Waals surface area contributed by atoms with Crippen molar-refractivity contribution >= 4 is 22.6 Å². The molecule has 4 rings (SSSR count). The van der Waals surface area contributed by atoms with Crippen LogP contribution in [0.5, 0.6) is 0 Å². The van der Waals surface area contributed by atoms with E-state index in [-0.39, 0.29) is 5.91 Å². The molecule has 0 atom stereocenters. The Labute approximate surface area is 158 Å². The van der Waals surface area contributed by atoms with Crippen LogP contribution in [-0.2, 0) is 11.2 Å². The molecule has 1 aromatic heterocycles. The van der Waals surface area contributed by atoms with Gasteiger partial charge in [0.2, 0.25) is 5.91 Å². The molecule has 0 aliphatic heterocycles. The zero-order chi connectivity index (χ0) is 18.8. The summed E-state index contributed by atoms with van der Waals surface area (Å²) in [4.78, 5) is 12.3. The zero-order valence-corrected chi connectivity index (χ0v) is 15.4. The van der Waals surface area contributed by atoms with Gasteiger partial charge >= 0.3 is 0 Å². The minimum atomic E-state index is -0.0757. The lowest BCUT2D eigenvalue weighted by Crippen LogP contribution is -2.14. The van der Waals surface area contributed by atoms with Gasteiger partial charge in [-0.2, -0.15) is 5.10 Å². The Morgan fingerprint density at radius 1 is 1.00 bits per heavy atom. The number of nitrogens with one attached hydrogen (secondary N) is 2. The van der Waals surface area contributed by atoms with Crippen molar-refractivity contribution < 1.29 is 4.79 Å². The molecule has 1 amide bonds. The van der Waals surface area contributed by atoms with Gasteiger partial charge in [0.25, 0.3) is 0 Å². The Kier molecular flexibility index (Phi) is 4.47. The summed E-state index contributed by atoms with van der Waals surface area (Å²) in [5, 5.41) is 11.2. The quantitative estimate of drug-likeness (QED) is 0.539. The molecule has 134 valence electrons. The molecule has 3 aromatic carbocycles. The number of nitrogens with zero attached hydrogens (tertiary/aromatic N) is 1. The number of H-pyrrole nitrogens is 1. The van der Waals surface area contributed by atoms with Gasteiger partial charge in [0.1, 0.15) is 0 Å². The van der Waals surface area contributed by atoms with Crippen molar-refractivity contribution in [1.29, 1.82) is 0 Å². The molecule has 0 spiro atoms. The first kappa shape index (κ1) is 17.0. The lowest BCUT2D eigenvalue weighted by Gasteiger charge is -2.08. The number of hydrogen-bond acceptors (Lipinski definition) is 2. The standard InChI is InChI=1S/C23H21N3O/c1-15-8-9-16(2)20(12-15)18-10-11-19-21(14-18)25-26-23(19)24-22(27)13-17-6-4-3-5-7-17/h3-12,14H,13H2,1-2H3,(H2,24,25,26,27). The number of aromatic amines is 1. The molecule has 1 heterocycles. The maximum Gasteiger partial charge on any atom is 0.230 e. The van der Waals surface area contributed by atoms with E-state index >= 15 is 0 Å². The van der Waals surface area contributed by atoms with E-state index < -0.39 is 0 Å². The van der Waals surface area contributed by atoms with E-state index in [0.717, 1.165) is 22.0 Å². The van der Waals surface area contributed by atoms with Crippen molar-refractivity contribution in [2.24, 2.45) is 0 Å². The van der Waals surface area contributed by atoms with Gasteiger partial charge in [-0.15, -0.1) is 0 Å². The predicted molar refractivity (Wildman–Crippen MR) is 110 cm³/mol. The average Bonchev–Trinajstić information content (AvgIpc) is 3.06. The largest absolute Gasteiger partial charge is 0.308 e. The minimum absolute atomic E-state index is 0.0757. The van der Waals surface area contributed by atoms with E-state index in [1.807, 2.05) is 36.4 Å².